The van der Waals surface area contributed by atoms with E-state index in [1.807, 2.05) is 30.3 Å². The minimum Gasteiger partial charge on any atom is -0.390 e. The molecule has 1 amide bonds. The van der Waals surface area contributed by atoms with Gasteiger partial charge in [0, 0.05) is 11.6 Å². The number of aromatic nitrogens is 1. The standard InChI is InChI=1S/C20H23N3O2/c24-18(19-8-13-7-14(9-19)11-20(25,10-13)12-19)23-22-17-5-1-4-16-15(17)3-2-6-21-16/h1-6,13-14,22,25H,7-12H2,(H,23,24). The summed E-state index contributed by atoms with van der Waals surface area (Å²) in [6, 6.07) is 9.71. The number of benzene rings is 1. The molecule has 3 N–H and O–H groups in total. The van der Waals surface area contributed by atoms with E-state index in [9.17, 15) is 9.90 Å². The van der Waals surface area contributed by atoms with Crippen LogP contribution in [-0.4, -0.2) is 21.6 Å². The van der Waals surface area contributed by atoms with Crippen molar-refractivity contribution in [3.8, 4) is 0 Å². The van der Waals surface area contributed by atoms with Crippen LogP contribution in [0.25, 0.3) is 10.9 Å². The predicted molar refractivity (Wildman–Crippen MR) is 95.6 cm³/mol. The third-order valence-electron chi connectivity index (χ3n) is 6.47. The zero-order chi connectivity index (χ0) is 17.1. The summed E-state index contributed by atoms with van der Waals surface area (Å²) < 4.78 is 0. The zero-order valence-electron chi connectivity index (χ0n) is 14.2. The summed E-state index contributed by atoms with van der Waals surface area (Å²) >= 11 is 0. The van der Waals surface area contributed by atoms with Crippen LogP contribution in [0.5, 0.6) is 0 Å². The summed E-state index contributed by atoms with van der Waals surface area (Å²) in [4.78, 5) is 17.4. The molecule has 0 aliphatic heterocycles. The monoisotopic (exact) mass is 337 g/mol. The Hall–Kier alpha value is -2.14. The smallest absolute Gasteiger partial charge is 0.244 e. The molecule has 5 heteroatoms. The van der Waals surface area contributed by atoms with Crippen LogP contribution >= 0.6 is 0 Å². The average molecular weight is 337 g/mol. The molecule has 4 aliphatic carbocycles. The predicted octanol–water partition coefficient (Wildman–Crippen LogP) is 3.01. The number of nitrogens with one attached hydrogen (secondary N) is 2. The molecule has 25 heavy (non-hydrogen) atoms. The van der Waals surface area contributed by atoms with Crippen molar-refractivity contribution in [3.05, 3.63) is 36.5 Å². The number of nitrogens with zero attached hydrogens (tertiary/aromatic N) is 1. The molecule has 1 heterocycles. The lowest BCUT2D eigenvalue weighted by atomic mass is 9.47. The molecular weight excluding hydrogens is 314 g/mol. The highest BCUT2D eigenvalue weighted by atomic mass is 16.3. The Morgan fingerprint density at radius 3 is 2.68 bits per heavy atom. The number of aliphatic hydroxyl groups is 1. The molecule has 130 valence electrons. The first-order valence-electron chi connectivity index (χ1n) is 9.18. The van der Waals surface area contributed by atoms with Gasteiger partial charge in [0.05, 0.1) is 22.2 Å². The van der Waals surface area contributed by atoms with Crippen molar-refractivity contribution in [1.82, 2.24) is 10.4 Å². The number of carbonyl (C=O) groups excluding carboxylic acids is 1. The number of amides is 1. The second kappa shape index (κ2) is 5.18. The van der Waals surface area contributed by atoms with Crippen LogP contribution in [0, 0.1) is 17.3 Å². The van der Waals surface area contributed by atoms with Gasteiger partial charge in [-0.1, -0.05) is 6.07 Å². The minimum absolute atomic E-state index is 0.0286. The maximum absolute atomic E-state index is 13.0. The van der Waals surface area contributed by atoms with Crippen molar-refractivity contribution in [3.63, 3.8) is 0 Å². The van der Waals surface area contributed by atoms with Crippen LogP contribution in [-0.2, 0) is 4.79 Å². The quantitative estimate of drug-likeness (QED) is 0.753. The number of hydrogen-bond donors (Lipinski definition) is 3. The first kappa shape index (κ1) is 15.1. The summed E-state index contributed by atoms with van der Waals surface area (Å²) in [5.41, 5.74) is 6.76. The molecule has 0 saturated heterocycles. The van der Waals surface area contributed by atoms with E-state index in [0.717, 1.165) is 42.3 Å². The van der Waals surface area contributed by atoms with E-state index in [1.165, 1.54) is 6.42 Å². The third kappa shape index (κ3) is 2.41. The first-order chi connectivity index (χ1) is 12.1. The van der Waals surface area contributed by atoms with Gasteiger partial charge < -0.3 is 5.11 Å². The lowest BCUT2D eigenvalue weighted by Crippen LogP contribution is -2.60. The topological polar surface area (TPSA) is 74.2 Å². The summed E-state index contributed by atoms with van der Waals surface area (Å²) in [6.07, 6.45) is 7.13. The lowest BCUT2D eigenvalue weighted by Gasteiger charge is -2.59. The summed E-state index contributed by atoms with van der Waals surface area (Å²) in [6.45, 7) is 0. The van der Waals surface area contributed by atoms with E-state index in [0.29, 0.717) is 18.3 Å². The number of rotatable bonds is 3. The molecular formula is C20H23N3O2. The molecule has 4 fully saturated rings. The first-order valence-corrected chi connectivity index (χ1v) is 9.18. The van der Waals surface area contributed by atoms with Crippen LogP contribution in [0.15, 0.2) is 36.5 Å². The maximum Gasteiger partial charge on any atom is 0.244 e. The van der Waals surface area contributed by atoms with Gasteiger partial charge in [-0.25, -0.2) is 0 Å². The second-order valence-electron chi connectivity index (χ2n) is 8.42. The van der Waals surface area contributed by atoms with E-state index < -0.39 is 11.0 Å². The maximum atomic E-state index is 13.0. The molecule has 0 radical (unpaired) electrons. The van der Waals surface area contributed by atoms with Crippen molar-refractivity contribution in [2.75, 3.05) is 5.43 Å². The van der Waals surface area contributed by atoms with Crippen LogP contribution in [0.1, 0.15) is 38.5 Å². The van der Waals surface area contributed by atoms with E-state index in [2.05, 4.69) is 15.8 Å². The van der Waals surface area contributed by atoms with Gasteiger partial charge in [0.2, 0.25) is 5.91 Å². The van der Waals surface area contributed by atoms with Crippen molar-refractivity contribution >= 4 is 22.5 Å². The fourth-order valence-corrected chi connectivity index (χ4v) is 5.95. The van der Waals surface area contributed by atoms with E-state index in [-0.39, 0.29) is 5.91 Å². The van der Waals surface area contributed by atoms with Crippen molar-refractivity contribution in [2.24, 2.45) is 17.3 Å². The van der Waals surface area contributed by atoms with Gasteiger partial charge in [0.15, 0.2) is 0 Å². The van der Waals surface area contributed by atoms with Crippen LogP contribution in [0.4, 0.5) is 5.69 Å². The number of carbonyl (C=O) groups is 1. The highest BCUT2D eigenvalue weighted by molar-refractivity contribution is 5.92. The zero-order valence-corrected chi connectivity index (χ0v) is 14.2. The van der Waals surface area contributed by atoms with E-state index >= 15 is 0 Å². The Balaban J connectivity index is 1.37. The third-order valence-corrected chi connectivity index (χ3v) is 6.47. The van der Waals surface area contributed by atoms with E-state index in [1.54, 1.807) is 6.20 Å². The Morgan fingerprint density at radius 1 is 1.12 bits per heavy atom. The number of hydrazine groups is 1. The van der Waals surface area contributed by atoms with Crippen molar-refractivity contribution in [2.45, 2.75) is 44.1 Å². The molecule has 4 saturated carbocycles. The van der Waals surface area contributed by atoms with Crippen molar-refractivity contribution < 1.29 is 9.90 Å². The highest BCUT2D eigenvalue weighted by Crippen LogP contribution is 2.61. The number of hydrogen-bond acceptors (Lipinski definition) is 4. The van der Waals surface area contributed by atoms with E-state index in [4.69, 9.17) is 0 Å². The Morgan fingerprint density at radius 2 is 1.92 bits per heavy atom. The normalized spacial score (nSPS) is 35.7. The summed E-state index contributed by atoms with van der Waals surface area (Å²) in [7, 11) is 0. The molecule has 0 spiro atoms. The van der Waals surface area contributed by atoms with Gasteiger partial charge in [-0.3, -0.25) is 20.6 Å². The number of pyridine rings is 1. The SMILES string of the molecule is O=C(NNc1cccc2ncccc12)C12CC3CC(CC(O)(C3)C1)C2. The van der Waals surface area contributed by atoms with Gasteiger partial charge >= 0.3 is 0 Å². The molecule has 2 atom stereocenters. The molecule has 2 unspecified atom stereocenters. The lowest BCUT2D eigenvalue weighted by molar-refractivity contribution is -0.177. The summed E-state index contributed by atoms with van der Waals surface area (Å²) in [5, 5.41) is 11.8. The second-order valence-corrected chi connectivity index (χ2v) is 8.42. The molecule has 4 aliphatic rings. The van der Waals surface area contributed by atoms with Crippen molar-refractivity contribution in [1.29, 1.82) is 0 Å². The van der Waals surface area contributed by atoms with Crippen LogP contribution in [0.2, 0.25) is 0 Å². The molecule has 6 rings (SSSR count). The van der Waals surface area contributed by atoms with Gasteiger partial charge in [-0.05, 0) is 74.6 Å². The molecule has 5 nitrogen and oxygen atoms in total. The van der Waals surface area contributed by atoms with Crippen LogP contribution < -0.4 is 10.9 Å². The average Bonchev–Trinajstić information content (AvgIpc) is 2.57. The van der Waals surface area contributed by atoms with Gasteiger partial charge in [0.1, 0.15) is 0 Å². The molecule has 1 aromatic carbocycles. The van der Waals surface area contributed by atoms with Gasteiger partial charge in [-0.15, -0.1) is 0 Å². The largest absolute Gasteiger partial charge is 0.390 e. The minimum atomic E-state index is -0.620. The van der Waals surface area contributed by atoms with Gasteiger partial charge in [0.25, 0.3) is 0 Å². The fraction of sp³-hybridized carbons (Fsp3) is 0.500. The molecule has 4 bridgehead atoms. The Kier molecular flexibility index (Phi) is 3.14. The van der Waals surface area contributed by atoms with Gasteiger partial charge in [-0.2, -0.15) is 0 Å². The molecule has 2 aromatic rings. The van der Waals surface area contributed by atoms with Crippen LogP contribution in [0.3, 0.4) is 0 Å². The summed E-state index contributed by atoms with van der Waals surface area (Å²) in [5.74, 6) is 1.03. The Labute approximate surface area is 146 Å². The number of fused-ring (bicyclic) bond motifs is 1. The number of anilines is 1. The fourth-order valence-electron chi connectivity index (χ4n) is 5.95. The Bertz CT molecular complexity index is 830. The molecule has 1 aromatic heterocycles. The highest BCUT2D eigenvalue weighted by Gasteiger charge is 2.60.